The van der Waals surface area contributed by atoms with Gasteiger partial charge in [0.05, 0.1) is 4.92 Å². The second-order valence-corrected chi connectivity index (χ2v) is 4.14. The van der Waals surface area contributed by atoms with Gasteiger partial charge in [0.2, 0.25) is 0 Å². The minimum atomic E-state index is -0.365. The van der Waals surface area contributed by atoms with Gasteiger partial charge in [-0.05, 0) is 32.1 Å². The summed E-state index contributed by atoms with van der Waals surface area (Å²) in [6.45, 7) is 6.65. The van der Waals surface area contributed by atoms with Crippen LogP contribution in [0.25, 0.3) is 0 Å². The Kier molecular flexibility index (Phi) is 4.90. The number of benzene rings is 1. The van der Waals surface area contributed by atoms with Crippen LogP contribution in [0.1, 0.15) is 12.5 Å². The number of hydrogen-bond donors (Lipinski definition) is 1. The number of nitro benzene ring substituents is 1. The summed E-state index contributed by atoms with van der Waals surface area (Å²) in [6, 6.07) is 5.06. The summed E-state index contributed by atoms with van der Waals surface area (Å²) in [5, 5.41) is 13.9. The van der Waals surface area contributed by atoms with Gasteiger partial charge in [0.1, 0.15) is 0 Å². The molecule has 0 fully saturated rings. The number of nitro groups is 1. The van der Waals surface area contributed by atoms with Crippen LogP contribution < -0.4 is 5.32 Å². The highest BCUT2D eigenvalue weighted by Gasteiger charge is 2.07. The van der Waals surface area contributed by atoms with Gasteiger partial charge in [0, 0.05) is 30.9 Å². The fourth-order valence-electron chi connectivity index (χ4n) is 1.52. The van der Waals surface area contributed by atoms with Gasteiger partial charge in [-0.3, -0.25) is 10.1 Å². The Morgan fingerprint density at radius 2 is 2.12 bits per heavy atom. The number of anilines is 1. The minimum absolute atomic E-state index is 0.136. The first-order valence-corrected chi connectivity index (χ1v) is 5.71. The Hall–Kier alpha value is -1.62. The van der Waals surface area contributed by atoms with Gasteiger partial charge in [-0.1, -0.05) is 6.92 Å². The molecule has 0 atom stereocenters. The van der Waals surface area contributed by atoms with Gasteiger partial charge in [-0.2, -0.15) is 0 Å². The highest BCUT2D eigenvalue weighted by Crippen LogP contribution is 2.20. The van der Waals surface area contributed by atoms with Gasteiger partial charge >= 0.3 is 0 Å². The highest BCUT2D eigenvalue weighted by molar-refractivity contribution is 5.53. The summed E-state index contributed by atoms with van der Waals surface area (Å²) in [4.78, 5) is 12.5. The molecule has 0 spiro atoms. The van der Waals surface area contributed by atoms with Gasteiger partial charge in [-0.25, -0.2) is 0 Å². The summed E-state index contributed by atoms with van der Waals surface area (Å²) in [7, 11) is 2.04. The SMILES string of the molecule is CCN(C)CCNc1cc(C)cc([N+](=O)[O-])c1. The third-order valence-electron chi connectivity index (χ3n) is 2.64. The molecule has 0 amide bonds. The van der Waals surface area contributed by atoms with Crippen molar-refractivity contribution in [2.45, 2.75) is 13.8 Å². The van der Waals surface area contributed by atoms with E-state index >= 15 is 0 Å². The standard InChI is InChI=1S/C12H19N3O2/c1-4-14(3)6-5-13-11-7-10(2)8-12(9-11)15(16)17/h7-9,13H,4-6H2,1-3H3. The van der Waals surface area contributed by atoms with Crippen LogP contribution >= 0.6 is 0 Å². The molecule has 0 aliphatic carbocycles. The number of non-ortho nitro benzene ring substituents is 1. The van der Waals surface area contributed by atoms with E-state index < -0.39 is 0 Å². The second kappa shape index (κ2) is 6.20. The molecule has 0 saturated carbocycles. The minimum Gasteiger partial charge on any atom is -0.384 e. The van der Waals surface area contributed by atoms with E-state index in [4.69, 9.17) is 0 Å². The average Bonchev–Trinajstić information content (AvgIpc) is 2.28. The predicted octanol–water partition coefficient (Wildman–Crippen LogP) is 2.27. The first-order chi connectivity index (χ1) is 8.02. The lowest BCUT2D eigenvalue weighted by molar-refractivity contribution is -0.384. The maximum Gasteiger partial charge on any atom is 0.271 e. The van der Waals surface area contributed by atoms with Crippen molar-refractivity contribution in [2.75, 3.05) is 32.0 Å². The number of hydrogen-bond acceptors (Lipinski definition) is 4. The van der Waals surface area contributed by atoms with Gasteiger partial charge in [0.25, 0.3) is 5.69 Å². The molecule has 5 heteroatoms. The lowest BCUT2D eigenvalue weighted by atomic mass is 10.2. The number of rotatable bonds is 6. The first kappa shape index (κ1) is 13.4. The van der Waals surface area contributed by atoms with Crippen molar-refractivity contribution >= 4 is 11.4 Å². The first-order valence-electron chi connectivity index (χ1n) is 5.71. The normalized spacial score (nSPS) is 10.6. The molecule has 94 valence electrons. The van der Waals surface area contributed by atoms with Crippen LogP contribution in [0.15, 0.2) is 18.2 Å². The summed E-state index contributed by atoms with van der Waals surface area (Å²) in [6.07, 6.45) is 0. The Morgan fingerprint density at radius 3 is 2.71 bits per heavy atom. The monoisotopic (exact) mass is 237 g/mol. The zero-order valence-corrected chi connectivity index (χ0v) is 10.6. The van der Waals surface area contributed by atoms with E-state index in [1.807, 2.05) is 20.0 Å². The lowest BCUT2D eigenvalue weighted by Gasteiger charge is -2.14. The average molecular weight is 237 g/mol. The topological polar surface area (TPSA) is 58.4 Å². The molecule has 0 radical (unpaired) electrons. The van der Waals surface area contributed by atoms with Crippen molar-refractivity contribution in [3.05, 3.63) is 33.9 Å². The van der Waals surface area contributed by atoms with Crippen molar-refractivity contribution in [3.8, 4) is 0 Å². The van der Waals surface area contributed by atoms with E-state index in [-0.39, 0.29) is 10.6 Å². The van der Waals surface area contributed by atoms with Crippen LogP contribution in [0.3, 0.4) is 0 Å². The molecule has 0 saturated heterocycles. The Balaban J connectivity index is 2.62. The molecule has 0 aliphatic heterocycles. The Bertz CT molecular complexity index is 393. The molecule has 0 heterocycles. The van der Waals surface area contributed by atoms with Crippen molar-refractivity contribution < 1.29 is 4.92 Å². The quantitative estimate of drug-likeness (QED) is 0.609. The molecule has 1 aromatic rings. The fourth-order valence-corrected chi connectivity index (χ4v) is 1.52. The van der Waals surface area contributed by atoms with Crippen LogP contribution in [0, 0.1) is 17.0 Å². The van der Waals surface area contributed by atoms with Crippen LogP contribution in [-0.4, -0.2) is 36.5 Å². The number of nitrogens with zero attached hydrogens (tertiary/aromatic N) is 2. The van der Waals surface area contributed by atoms with Crippen molar-refractivity contribution in [2.24, 2.45) is 0 Å². The molecule has 1 rings (SSSR count). The van der Waals surface area contributed by atoms with E-state index in [0.717, 1.165) is 30.9 Å². The number of likely N-dealkylation sites (N-methyl/N-ethyl adjacent to an activating group) is 1. The van der Waals surface area contributed by atoms with Crippen LogP contribution in [0.2, 0.25) is 0 Å². The molecule has 0 unspecified atom stereocenters. The zero-order valence-electron chi connectivity index (χ0n) is 10.6. The smallest absolute Gasteiger partial charge is 0.271 e. The summed E-state index contributed by atoms with van der Waals surface area (Å²) >= 11 is 0. The van der Waals surface area contributed by atoms with Gasteiger partial charge < -0.3 is 10.2 Å². The van der Waals surface area contributed by atoms with E-state index in [1.165, 1.54) is 0 Å². The molecule has 0 bridgehead atoms. The van der Waals surface area contributed by atoms with E-state index in [2.05, 4.69) is 17.1 Å². The summed E-state index contributed by atoms with van der Waals surface area (Å²) < 4.78 is 0. The molecule has 5 nitrogen and oxygen atoms in total. The van der Waals surface area contributed by atoms with E-state index in [1.54, 1.807) is 12.1 Å². The fraction of sp³-hybridized carbons (Fsp3) is 0.500. The van der Waals surface area contributed by atoms with E-state index in [0.29, 0.717) is 0 Å². The van der Waals surface area contributed by atoms with Crippen molar-refractivity contribution in [1.29, 1.82) is 0 Å². The third kappa shape index (κ3) is 4.40. The lowest BCUT2D eigenvalue weighted by Crippen LogP contribution is -2.24. The van der Waals surface area contributed by atoms with Crippen LogP contribution in [-0.2, 0) is 0 Å². The Morgan fingerprint density at radius 1 is 1.41 bits per heavy atom. The predicted molar refractivity (Wildman–Crippen MR) is 69.5 cm³/mol. The van der Waals surface area contributed by atoms with Crippen molar-refractivity contribution in [1.82, 2.24) is 4.90 Å². The maximum absolute atomic E-state index is 10.7. The van der Waals surface area contributed by atoms with E-state index in [9.17, 15) is 10.1 Å². The second-order valence-electron chi connectivity index (χ2n) is 4.14. The Labute approximate surface area is 102 Å². The molecular weight excluding hydrogens is 218 g/mol. The van der Waals surface area contributed by atoms with Crippen molar-refractivity contribution in [3.63, 3.8) is 0 Å². The number of aryl methyl sites for hydroxylation is 1. The number of nitrogens with one attached hydrogen (secondary N) is 1. The molecule has 1 aromatic carbocycles. The summed E-state index contributed by atoms with van der Waals surface area (Å²) in [5.41, 5.74) is 1.84. The molecule has 0 aliphatic rings. The third-order valence-corrected chi connectivity index (χ3v) is 2.64. The molecule has 1 N–H and O–H groups in total. The van der Waals surface area contributed by atoms with Crippen LogP contribution in [0.5, 0.6) is 0 Å². The maximum atomic E-state index is 10.7. The summed E-state index contributed by atoms with van der Waals surface area (Å²) in [5.74, 6) is 0. The molecule has 17 heavy (non-hydrogen) atoms. The molecular formula is C12H19N3O2. The van der Waals surface area contributed by atoms with Gasteiger partial charge in [0.15, 0.2) is 0 Å². The zero-order chi connectivity index (χ0) is 12.8. The largest absolute Gasteiger partial charge is 0.384 e. The van der Waals surface area contributed by atoms with Gasteiger partial charge in [-0.15, -0.1) is 0 Å². The highest BCUT2D eigenvalue weighted by atomic mass is 16.6. The van der Waals surface area contributed by atoms with Crippen LogP contribution in [0.4, 0.5) is 11.4 Å². The molecule has 0 aromatic heterocycles.